The Morgan fingerprint density at radius 1 is 1.43 bits per heavy atom. The van der Waals surface area contributed by atoms with Crippen molar-refractivity contribution in [3.63, 3.8) is 0 Å². The fourth-order valence-corrected chi connectivity index (χ4v) is 2.05. The first-order valence-corrected chi connectivity index (χ1v) is 5.63. The lowest BCUT2D eigenvalue weighted by Gasteiger charge is -2.31. The second kappa shape index (κ2) is 4.32. The molecule has 14 heavy (non-hydrogen) atoms. The van der Waals surface area contributed by atoms with Gasteiger partial charge in [0.25, 0.3) is 0 Å². The van der Waals surface area contributed by atoms with Crippen molar-refractivity contribution in [2.45, 2.75) is 13.0 Å². The molecule has 1 aliphatic heterocycles. The topological polar surface area (TPSA) is 12.5 Å². The fraction of sp³-hybridized carbons (Fsp3) is 0.455. The standard InChI is InChI=1S/C11H14BrNO/c1-14-10-4-3-9(11(12)7-10)8-13-5-2-6-13/h3-4,7H,2,5-6,8H2,1H3. The minimum absolute atomic E-state index is 0.907. The van der Waals surface area contributed by atoms with Crippen molar-refractivity contribution in [3.8, 4) is 5.75 Å². The van der Waals surface area contributed by atoms with Crippen molar-refractivity contribution in [1.82, 2.24) is 4.90 Å². The predicted octanol–water partition coefficient (Wildman–Crippen LogP) is 2.66. The van der Waals surface area contributed by atoms with Crippen LogP contribution in [0.2, 0.25) is 0 Å². The summed E-state index contributed by atoms with van der Waals surface area (Å²) in [5.41, 5.74) is 1.34. The number of ether oxygens (including phenoxy) is 1. The Kier molecular flexibility index (Phi) is 3.08. The summed E-state index contributed by atoms with van der Waals surface area (Å²) in [4.78, 5) is 2.44. The maximum atomic E-state index is 5.15. The lowest BCUT2D eigenvalue weighted by atomic mass is 10.1. The van der Waals surface area contributed by atoms with Crippen molar-refractivity contribution >= 4 is 15.9 Å². The maximum absolute atomic E-state index is 5.15. The van der Waals surface area contributed by atoms with Crippen LogP contribution in [0.25, 0.3) is 0 Å². The third kappa shape index (κ3) is 2.10. The van der Waals surface area contributed by atoms with Gasteiger partial charge in [0.15, 0.2) is 0 Å². The third-order valence-corrected chi connectivity index (χ3v) is 3.34. The molecule has 0 atom stereocenters. The van der Waals surface area contributed by atoms with Crippen LogP contribution in [0, 0.1) is 0 Å². The van der Waals surface area contributed by atoms with E-state index in [0.717, 1.165) is 16.8 Å². The Hall–Kier alpha value is -0.540. The van der Waals surface area contributed by atoms with E-state index >= 15 is 0 Å². The summed E-state index contributed by atoms with van der Waals surface area (Å²) in [5.74, 6) is 0.907. The monoisotopic (exact) mass is 255 g/mol. The Labute approximate surface area is 93.0 Å². The van der Waals surface area contributed by atoms with Gasteiger partial charge in [0.2, 0.25) is 0 Å². The summed E-state index contributed by atoms with van der Waals surface area (Å²) >= 11 is 3.56. The third-order valence-electron chi connectivity index (χ3n) is 2.60. The molecule has 1 saturated heterocycles. The van der Waals surface area contributed by atoms with Gasteiger partial charge in [0, 0.05) is 11.0 Å². The molecule has 76 valence electrons. The molecule has 1 aromatic carbocycles. The predicted molar refractivity (Wildman–Crippen MR) is 60.6 cm³/mol. The van der Waals surface area contributed by atoms with Gasteiger partial charge < -0.3 is 4.74 Å². The van der Waals surface area contributed by atoms with E-state index < -0.39 is 0 Å². The van der Waals surface area contributed by atoms with Crippen molar-refractivity contribution in [2.75, 3.05) is 20.2 Å². The summed E-state index contributed by atoms with van der Waals surface area (Å²) in [6.45, 7) is 3.52. The largest absolute Gasteiger partial charge is 0.497 e. The zero-order valence-corrected chi connectivity index (χ0v) is 9.88. The molecule has 0 spiro atoms. The van der Waals surface area contributed by atoms with Gasteiger partial charge in [-0.15, -0.1) is 0 Å². The molecule has 0 aromatic heterocycles. The van der Waals surface area contributed by atoms with Gasteiger partial charge in [0.1, 0.15) is 5.75 Å². The lowest BCUT2D eigenvalue weighted by molar-refractivity contribution is 0.172. The van der Waals surface area contributed by atoms with Gasteiger partial charge in [0.05, 0.1) is 7.11 Å². The first kappa shape index (κ1) is 9.99. The van der Waals surface area contributed by atoms with Crippen LogP contribution in [-0.2, 0) is 6.54 Å². The van der Waals surface area contributed by atoms with Crippen LogP contribution < -0.4 is 4.74 Å². The van der Waals surface area contributed by atoms with Crippen molar-refractivity contribution in [3.05, 3.63) is 28.2 Å². The van der Waals surface area contributed by atoms with E-state index in [0.29, 0.717) is 0 Å². The number of hydrogen-bond acceptors (Lipinski definition) is 2. The molecule has 0 saturated carbocycles. The van der Waals surface area contributed by atoms with E-state index in [9.17, 15) is 0 Å². The molecule has 2 rings (SSSR count). The molecule has 2 nitrogen and oxygen atoms in total. The zero-order valence-electron chi connectivity index (χ0n) is 8.29. The van der Waals surface area contributed by atoms with Gasteiger partial charge in [-0.05, 0) is 37.2 Å². The second-order valence-corrected chi connectivity index (χ2v) is 4.44. The minimum Gasteiger partial charge on any atom is -0.497 e. The molecule has 0 amide bonds. The molecule has 1 aromatic rings. The van der Waals surface area contributed by atoms with Gasteiger partial charge in [-0.1, -0.05) is 22.0 Å². The van der Waals surface area contributed by atoms with E-state index in [1.807, 2.05) is 12.1 Å². The number of methoxy groups -OCH3 is 1. The molecule has 1 heterocycles. The van der Waals surface area contributed by atoms with Crippen LogP contribution in [0.5, 0.6) is 5.75 Å². The molecule has 0 radical (unpaired) electrons. The highest BCUT2D eigenvalue weighted by atomic mass is 79.9. The van der Waals surface area contributed by atoms with Gasteiger partial charge >= 0.3 is 0 Å². The van der Waals surface area contributed by atoms with Crippen molar-refractivity contribution in [2.24, 2.45) is 0 Å². The summed E-state index contributed by atoms with van der Waals surface area (Å²) in [6, 6.07) is 6.16. The van der Waals surface area contributed by atoms with E-state index in [1.165, 1.54) is 25.1 Å². The van der Waals surface area contributed by atoms with Gasteiger partial charge in [-0.25, -0.2) is 0 Å². The molecule has 0 aliphatic carbocycles. The van der Waals surface area contributed by atoms with Gasteiger partial charge in [-0.2, -0.15) is 0 Å². The highest BCUT2D eigenvalue weighted by Gasteiger charge is 2.14. The van der Waals surface area contributed by atoms with E-state index in [1.54, 1.807) is 7.11 Å². The lowest BCUT2D eigenvalue weighted by Crippen LogP contribution is -2.36. The van der Waals surface area contributed by atoms with Crippen LogP contribution in [0.15, 0.2) is 22.7 Å². The molecular formula is C11H14BrNO. The number of hydrogen-bond donors (Lipinski definition) is 0. The second-order valence-electron chi connectivity index (χ2n) is 3.59. The number of halogens is 1. The average Bonchev–Trinajstić information content (AvgIpc) is 2.13. The first-order valence-electron chi connectivity index (χ1n) is 4.84. The van der Waals surface area contributed by atoms with E-state index in [-0.39, 0.29) is 0 Å². The smallest absolute Gasteiger partial charge is 0.120 e. The summed E-state index contributed by atoms with van der Waals surface area (Å²) in [6.07, 6.45) is 1.34. The highest BCUT2D eigenvalue weighted by Crippen LogP contribution is 2.25. The SMILES string of the molecule is COc1ccc(CN2CCC2)c(Br)c1. The minimum atomic E-state index is 0.907. The Morgan fingerprint density at radius 2 is 2.21 bits per heavy atom. The number of nitrogens with zero attached hydrogens (tertiary/aromatic N) is 1. The first-order chi connectivity index (χ1) is 6.79. The normalized spacial score (nSPS) is 16.4. The molecular weight excluding hydrogens is 242 g/mol. The number of rotatable bonds is 3. The Morgan fingerprint density at radius 3 is 2.71 bits per heavy atom. The van der Waals surface area contributed by atoms with Crippen LogP contribution in [-0.4, -0.2) is 25.1 Å². The average molecular weight is 256 g/mol. The molecule has 3 heteroatoms. The highest BCUT2D eigenvalue weighted by molar-refractivity contribution is 9.10. The molecule has 1 aliphatic rings. The molecule has 0 bridgehead atoms. The van der Waals surface area contributed by atoms with Crippen LogP contribution in [0.1, 0.15) is 12.0 Å². The zero-order chi connectivity index (χ0) is 9.97. The fourth-order valence-electron chi connectivity index (χ4n) is 1.56. The van der Waals surface area contributed by atoms with E-state index in [4.69, 9.17) is 4.74 Å². The van der Waals surface area contributed by atoms with Crippen molar-refractivity contribution in [1.29, 1.82) is 0 Å². The summed E-state index contributed by atoms with van der Waals surface area (Å²) in [7, 11) is 1.69. The number of benzene rings is 1. The summed E-state index contributed by atoms with van der Waals surface area (Å²) < 4.78 is 6.29. The van der Waals surface area contributed by atoms with Crippen LogP contribution >= 0.6 is 15.9 Å². The van der Waals surface area contributed by atoms with E-state index in [2.05, 4.69) is 26.9 Å². The molecule has 0 N–H and O–H groups in total. The van der Waals surface area contributed by atoms with Crippen molar-refractivity contribution < 1.29 is 4.74 Å². The summed E-state index contributed by atoms with van der Waals surface area (Å²) in [5, 5.41) is 0. The molecule has 1 fully saturated rings. The maximum Gasteiger partial charge on any atom is 0.120 e. The van der Waals surface area contributed by atoms with Crippen LogP contribution in [0.4, 0.5) is 0 Å². The van der Waals surface area contributed by atoms with Crippen LogP contribution in [0.3, 0.4) is 0 Å². The Balaban J connectivity index is 2.09. The molecule has 0 unspecified atom stereocenters. The quantitative estimate of drug-likeness (QED) is 0.824. The number of likely N-dealkylation sites (tertiary alicyclic amines) is 1. The Bertz CT molecular complexity index is 323. The van der Waals surface area contributed by atoms with Gasteiger partial charge in [-0.3, -0.25) is 4.90 Å².